The molecule has 0 saturated carbocycles. The lowest BCUT2D eigenvalue weighted by molar-refractivity contribution is -0.117. The first-order valence-corrected chi connectivity index (χ1v) is 6.74. The first-order chi connectivity index (χ1) is 8.99. The van der Waals surface area contributed by atoms with E-state index < -0.39 is 0 Å². The number of amides is 1. The number of rotatable bonds is 5. The fourth-order valence-electron chi connectivity index (χ4n) is 1.57. The number of carbonyl (C=O) groups is 1. The lowest BCUT2D eigenvalue weighted by Crippen LogP contribution is -2.37. The fraction of sp³-hybridized carbons (Fsp3) is 0.438. The van der Waals surface area contributed by atoms with Gasteiger partial charge in [-0.3, -0.25) is 4.79 Å². The van der Waals surface area contributed by atoms with E-state index in [1.807, 2.05) is 42.5 Å². The molecule has 0 heterocycles. The standard InChI is InChI=1S/C16H24N2O/c1-16(2,3)18-13-9-12-17-15(19)14-10-7-5-4-6-8-11-14/h4-8,10-11,18H,9,12-13H2,1-3H3,(H,17,19)/b5-4-,6-4?,7-5?,8-6-,10-7?,11-8?,14-10?,14-11?. The van der Waals surface area contributed by atoms with Gasteiger partial charge in [0, 0.05) is 17.7 Å². The number of allylic oxidation sites excluding steroid dienone is 6. The second kappa shape index (κ2) is 7.74. The Bertz CT molecular complexity index is 409. The molecule has 104 valence electrons. The van der Waals surface area contributed by atoms with Crippen molar-refractivity contribution in [3.63, 3.8) is 0 Å². The number of hydrogen-bond donors (Lipinski definition) is 2. The van der Waals surface area contributed by atoms with Crippen molar-refractivity contribution in [2.75, 3.05) is 13.1 Å². The van der Waals surface area contributed by atoms with Gasteiger partial charge in [-0.25, -0.2) is 0 Å². The quantitative estimate of drug-likeness (QED) is 0.746. The minimum absolute atomic E-state index is 0.0213. The molecule has 0 fully saturated rings. The zero-order valence-electron chi connectivity index (χ0n) is 12.1. The van der Waals surface area contributed by atoms with Crippen molar-refractivity contribution in [1.82, 2.24) is 10.6 Å². The van der Waals surface area contributed by atoms with Gasteiger partial charge >= 0.3 is 0 Å². The van der Waals surface area contributed by atoms with E-state index in [9.17, 15) is 4.79 Å². The molecule has 0 radical (unpaired) electrons. The van der Waals surface area contributed by atoms with Crippen LogP contribution in [0.5, 0.6) is 0 Å². The first kappa shape index (κ1) is 15.4. The zero-order chi connectivity index (χ0) is 14.1. The Morgan fingerprint density at radius 3 is 2.47 bits per heavy atom. The minimum Gasteiger partial charge on any atom is -0.352 e. The maximum absolute atomic E-state index is 11.9. The highest BCUT2D eigenvalue weighted by Crippen LogP contribution is 2.02. The molecule has 19 heavy (non-hydrogen) atoms. The molecule has 2 N–H and O–H groups in total. The molecule has 0 bridgehead atoms. The average molecular weight is 260 g/mol. The third kappa shape index (κ3) is 7.42. The summed E-state index contributed by atoms with van der Waals surface area (Å²) >= 11 is 0. The van der Waals surface area contributed by atoms with Crippen molar-refractivity contribution in [2.24, 2.45) is 0 Å². The van der Waals surface area contributed by atoms with E-state index in [2.05, 4.69) is 31.4 Å². The monoisotopic (exact) mass is 260 g/mol. The van der Waals surface area contributed by atoms with Gasteiger partial charge in [-0.1, -0.05) is 30.4 Å². The average Bonchev–Trinajstić information content (AvgIpc) is 2.26. The highest BCUT2D eigenvalue weighted by Gasteiger charge is 2.08. The van der Waals surface area contributed by atoms with Crippen LogP contribution in [0.25, 0.3) is 0 Å². The predicted molar refractivity (Wildman–Crippen MR) is 80.9 cm³/mol. The van der Waals surface area contributed by atoms with E-state index in [0.29, 0.717) is 12.1 Å². The Morgan fingerprint density at radius 2 is 1.74 bits per heavy atom. The summed E-state index contributed by atoms with van der Waals surface area (Å²) in [5, 5.41) is 6.32. The zero-order valence-corrected chi connectivity index (χ0v) is 12.1. The molecular formula is C16H24N2O. The number of hydrogen-bond acceptors (Lipinski definition) is 2. The van der Waals surface area contributed by atoms with Gasteiger partial charge in [-0.15, -0.1) is 0 Å². The van der Waals surface area contributed by atoms with Crippen molar-refractivity contribution >= 4 is 5.91 Å². The molecule has 1 rings (SSSR count). The summed E-state index contributed by atoms with van der Waals surface area (Å²) in [6.45, 7) is 7.99. The predicted octanol–water partition coefficient (Wildman–Crippen LogP) is 2.49. The van der Waals surface area contributed by atoms with Crippen LogP contribution in [0.4, 0.5) is 0 Å². The van der Waals surface area contributed by atoms with Crippen molar-refractivity contribution < 1.29 is 4.79 Å². The van der Waals surface area contributed by atoms with Gasteiger partial charge in [-0.05, 0) is 45.9 Å². The molecule has 0 saturated heterocycles. The summed E-state index contributed by atoms with van der Waals surface area (Å²) in [6, 6.07) is 0. The highest BCUT2D eigenvalue weighted by atomic mass is 16.1. The number of nitrogens with one attached hydrogen (secondary N) is 2. The SMILES string of the molecule is CC(C)(C)NCCCNC(=O)C1=C/C=C\C=C/C=C1. The molecule has 0 unspecified atom stereocenters. The molecule has 0 aromatic rings. The van der Waals surface area contributed by atoms with E-state index in [1.54, 1.807) is 0 Å². The molecule has 1 amide bonds. The van der Waals surface area contributed by atoms with Crippen molar-refractivity contribution in [2.45, 2.75) is 32.7 Å². The topological polar surface area (TPSA) is 41.1 Å². The Hall–Kier alpha value is -1.61. The van der Waals surface area contributed by atoms with E-state index >= 15 is 0 Å². The van der Waals surface area contributed by atoms with Gasteiger partial charge in [0.05, 0.1) is 0 Å². The molecular weight excluding hydrogens is 236 g/mol. The van der Waals surface area contributed by atoms with Crippen molar-refractivity contribution in [1.29, 1.82) is 0 Å². The van der Waals surface area contributed by atoms with Gasteiger partial charge in [0.1, 0.15) is 0 Å². The molecule has 3 heteroatoms. The lowest BCUT2D eigenvalue weighted by Gasteiger charge is -2.20. The summed E-state index contributed by atoms with van der Waals surface area (Å²) in [5.41, 5.74) is 0.816. The molecule has 0 spiro atoms. The Kier molecular flexibility index (Phi) is 6.30. The summed E-state index contributed by atoms with van der Waals surface area (Å²) in [5.74, 6) is -0.0213. The Labute approximate surface area is 116 Å². The van der Waals surface area contributed by atoms with E-state index in [-0.39, 0.29) is 11.4 Å². The fourth-order valence-corrected chi connectivity index (χ4v) is 1.57. The van der Waals surface area contributed by atoms with Gasteiger partial charge in [0.2, 0.25) is 0 Å². The van der Waals surface area contributed by atoms with E-state index in [0.717, 1.165) is 13.0 Å². The summed E-state index contributed by atoms with van der Waals surface area (Å²) in [4.78, 5) is 11.9. The van der Waals surface area contributed by atoms with Gasteiger partial charge in [0.25, 0.3) is 5.91 Å². The van der Waals surface area contributed by atoms with Crippen LogP contribution in [0.3, 0.4) is 0 Å². The second-order valence-electron chi connectivity index (χ2n) is 5.54. The first-order valence-electron chi connectivity index (χ1n) is 6.74. The van der Waals surface area contributed by atoms with Crippen LogP contribution in [-0.4, -0.2) is 24.5 Å². The highest BCUT2D eigenvalue weighted by molar-refractivity contribution is 5.96. The second-order valence-corrected chi connectivity index (χ2v) is 5.54. The van der Waals surface area contributed by atoms with Crippen LogP contribution >= 0.6 is 0 Å². The third-order valence-electron chi connectivity index (χ3n) is 2.55. The summed E-state index contributed by atoms with van der Waals surface area (Å²) in [7, 11) is 0. The summed E-state index contributed by atoms with van der Waals surface area (Å²) < 4.78 is 0. The van der Waals surface area contributed by atoms with E-state index in [4.69, 9.17) is 0 Å². The van der Waals surface area contributed by atoms with Crippen LogP contribution in [0.2, 0.25) is 0 Å². The van der Waals surface area contributed by atoms with Crippen LogP contribution in [0, 0.1) is 0 Å². The maximum Gasteiger partial charge on any atom is 0.251 e. The molecule has 0 atom stereocenters. The summed E-state index contributed by atoms with van der Waals surface area (Å²) in [6.07, 6.45) is 14.1. The smallest absolute Gasteiger partial charge is 0.251 e. The normalized spacial score (nSPS) is 18.2. The van der Waals surface area contributed by atoms with E-state index in [1.165, 1.54) is 0 Å². The maximum atomic E-state index is 11.9. The van der Waals surface area contributed by atoms with Crippen LogP contribution in [-0.2, 0) is 4.79 Å². The molecule has 0 aliphatic heterocycles. The Balaban J connectivity index is 2.28. The van der Waals surface area contributed by atoms with Gasteiger partial charge < -0.3 is 10.6 Å². The molecule has 0 aromatic carbocycles. The largest absolute Gasteiger partial charge is 0.352 e. The van der Waals surface area contributed by atoms with Gasteiger partial charge in [0.15, 0.2) is 0 Å². The Morgan fingerprint density at radius 1 is 1.05 bits per heavy atom. The lowest BCUT2D eigenvalue weighted by atomic mass is 10.1. The van der Waals surface area contributed by atoms with Crippen LogP contribution < -0.4 is 10.6 Å². The third-order valence-corrected chi connectivity index (χ3v) is 2.55. The van der Waals surface area contributed by atoms with Crippen LogP contribution in [0.1, 0.15) is 27.2 Å². The van der Waals surface area contributed by atoms with Crippen molar-refractivity contribution in [3.8, 4) is 0 Å². The molecule has 0 aromatic heterocycles. The minimum atomic E-state index is -0.0213. The molecule has 1 aliphatic rings. The van der Waals surface area contributed by atoms with Crippen LogP contribution in [0.15, 0.2) is 48.1 Å². The number of carbonyl (C=O) groups excluding carboxylic acids is 1. The van der Waals surface area contributed by atoms with Crippen molar-refractivity contribution in [3.05, 3.63) is 48.1 Å². The van der Waals surface area contributed by atoms with Gasteiger partial charge in [-0.2, -0.15) is 0 Å². The molecule has 3 nitrogen and oxygen atoms in total. The molecule has 1 aliphatic carbocycles.